The largest absolute Gasteiger partial charge is 0.366 e. The topological polar surface area (TPSA) is 24.9 Å². The molecule has 0 fully saturated rings. The fourth-order valence-electron chi connectivity index (χ4n) is 0.990. The molecule has 0 aliphatic heterocycles. The van der Waals surface area contributed by atoms with Gasteiger partial charge in [0.25, 0.3) is 0 Å². The van der Waals surface area contributed by atoms with Gasteiger partial charge in [-0.05, 0) is 35.3 Å². The highest BCUT2D eigenvalue weighted by molar-refractivity contribution is 9.10. The van der Waals surface area contributed by atoms with Crippen LogP contribution in [0.25, 0.3) is 0 Å². The van der Waals surface area contributed by atoms with Crippen LogP contribution in [0, 0.1) is 0 Å². The molecule has 0 aliphatic rings. The quantitative estimate of drug-likeness (QED) is 0.852. The summed E-state index contributed by atoms with van der Waals surface area (Å²) in [6.45, 7) is 2.04. The maximum absolute atomic E-state index is 5.99. The van der Waals surface area contributed by atoms with Crippen molar-refractivity contribution in [3.8, 4) is 0 Å². The number of nitrogens with one attached hydrogen (secondary N) is 1. The zero-order chi connectivity index (χ0) is 10.6. The van der Waals surface area contributed by atoms with E-state index in [1.165, 1.54) is 0 Å². The summed E-state index contributed by atoms with van der Waals surface area (Å²) in [7, 11) is 0. The minimum absolute atomic E-state index is 0.277. The van der Waals surface area contributed by atoms with Gasteiger partial charge in [0.05, 0.1) is 5.02 Å². The van der Waals surface area contributed by atoms with Gasteiger partial charge in [-0.25, -0.2) is 4.98 Å². The van der Waals surface area contributed by atoms with Crippen molar-refractivity contribution in [3.63, 3.8) is 0 Å². The number of hydrogen-bond acceptors (Lipinski definition) is 2. The van der Waals surface area contributed by atoms with E-state index in [2.05, 4.69) is 26.2 Å². The number of nitrogens with zero attached hydrogens (tertiary/aromatic N) is 1. The van der Waals surface area contributed by atoms with E-state index in [-0.39, 0.29) is 6.04 Å². The molecule has 1 N–H and O–H groups in total. The van der Waals surface area contributed by atoms with Crippen LogP contribution in [0.2, 0.25) is 5.02 Å². The third kappa shape index (κ3) is 3.64. The molecule has 1 unspecified atom stereocenters. The van der Waals surface area contributed by atoms with Gasteiger partial charge >= 0.3 is 0 Å². The summed E-state index contributed by atoms with van der Waals surface area (Å²) in [5, 5.41) is 3.80. The van der Waals surface area contributed by atoms with Crippen molar-refractivity contribution in [2.75, 3.05) is 11.2 Å². The van der Waals surface area contributed by atoms with Crippen LogP contribution >= 0.6 is 39.1 Å². The number of halogens is 3. The second kappa shape index (κ2) is 5.79. The van der Waals surface area contributed by atoms with Gasteiger partial charge in [-0.1, -0.05) is 11.6 Å². The van der Waals surface area contributed by atoms with Gasteiger partial charge in [0.2, 0.25) is 0 Å². The molecule has 0 amide bonds. The second-order valence-electron chi connectivity index (χ2n) is 3.01. The zero-order valence-corrected chi connectivity index (χ0v) is 10.8. The maximum Gasteiger partial charge on any atom is 0.145 e. The molecule has 1 aromatic rings. The Morgan fingerprint density at radius 3 is 2.93 bits per heavy atom. The molecule has 1 rings (SSSR count). The summed E-state index contributed by atoms with van der Waals surface area (Å²) in [5.41, 5.74) is 0. The van der Waals surface area contributed by atoms with Gasteiger partial charge in [-0.15, -0.1) is 11.6 Å². The van der Waals surface area contributed by atoms with Crippen molar-refractivity contribution in [3.05, 3.63) is 21.8 Å². The van der Waals surface area contributed by atoms with Crippen LogP contribution < -0.4 is 5.32 Å². The SMILES string of the molecule is CC(CCCl)Nc1ncc(Br)cc1Cl. The molecule has 0 saturated heterocycles. The van der Waals surface area contributed by atoms with Crippen LogP contribution in [-0.4, -0.2) is 16.9 Å². The van der Waals surface area contributed by atoms with E-state index in [0.29, 0.717) is 16.7 Å². The average Bonchev–Trinajstić information content (AvgIpc) is 2.10. The van der Waals surface area contributed by atoms with Gasteiger partial charge in [-0.3, -0.25) is 0 Å². The van der Waals surface area contributed by atoms with E-state index in [9.17, 15) is 0 Å². The summed E-state index contributed by atoms with van der Waals surface area (Å²) in [6.07, 6.45) is 2.59. The molecule has 1 heterocycles. The smallest absolute Gasteiger partial charge is 0.145 e. The first kappa shape index (κ1) is 12.1. The lowest BCUT2D eigenvalue weighted by atomic mass is 10.2. The molecule has 2 nitrogen and oxygen atoms in total. The van der Waals surface area contributed by atoms with Crippen LogP contribution in [0.4, 0.5) is 5.82 Å². The molecule has 0 aromatic carbocycles. The minimum Gasteiger partial charge on any atom is -0.366 e. The van der Waals surface area contributed by atoms with Crippen LogP contribution in [0.15, 0.2) is 16.7 Å². The first-order valence-electron chi connectivity index (χ1n) is 4.27. The molecular formula is C9H11BrCl2N2. The van der Waals surface area contributed by atoms with Crippen molar-refractivity contribution < 1.29 is 0 Å². The molecule has 14 heavy (non-hydrogen) atoms. The van der Waals surface area contributed by atoms with Gasteiger partial charge in [0.15, 0.2) is 0 Å². The molecule has 0 bridgehead atoms. The predicted octanol–water partition coefficient (Wildman–Crippen LogP) is 3.93. The fraction of sp³-hybridized carbons (Fsp3) is 0.444. The Balaban J connectivity index is 2.67. The van der Waals surface area contributed by atoms with Crippen molar-refractivity contribution in [2.24, 2.45) is 0 Å². The molecule has 0 saturated carbocycles. The highest BCUT2D eigenvalue weighted by Crippen LogP contribution is 2.23. The lowest BCUT2D eigenvalue weighted by Gasteiger charge is -2.13. The minimum atomic E-state index is 0.277. The summed E-state index contributed by atoms with van der Waals surface area (Å²) < 4.78 is 0.873. The molecule has 5 heteroatoms. The Morgan fingerprint density at radius 1 is 1.64 bits per heavy atom. The Kier molecular flexibility index (Phi) is 4.99. The van der Waals surface area contributed by atoms with Gasteiger partial charge < -0.3 is 5.32 Å². The maximum atomic E-state index is 5.99. The van der Waals surface area contributed by atoms with Gasteiger partial charge in [0, 0.05) is 22.6 Å². The van der Waals surface area contributed by atoms with Gasteiger partial charge in [0.1, 0.15) is 5.82 Å². The molecule has 1 atom stereocenters. The number of rotatable bonds is 4. The van der Waals surface area contributed by atoms with E-state index in [0.717, 1.165) is 10.9 Å². The lowest BCUT2D eigenvalue weighted by Crippen LogP contribution is -2.16. The zero-order valence-electron chi connectivity index (χ0n) is 7.73. The molecule has 78 valence electrons. The van der Waals surface area contributed by atoms with E-state index in [4.69, 9.17) is 23.2 Å². The molecule has 0 radical (unpaired) electrons. The number of hydrogen-bond donors (Lipinski definition) is 1. The highest BCUT2D eigenvalue weighted by atomic mass is 79.9. The van der Waals surface area contributed by atoms with E-state index in [1.54, 1.807) is 6.20 Å². The number of anilines is 1. The number of alkyl halides is 1. The Hall–Kier alpha value is 0.01000. The number of pyridine rings is 1. The van der Waals surface area contributed by atoms with Crippen molar-refractivity contribution in [2.45, 2.75) is 19.4 Å². The predicted molar refractivity (Wildman–Crippen MR) is 65.4 cm³/mol. The normalized spacial score (nSPS) is 12.6. The van der Waals surface area contributed by atoms with E-state index < -0.39 is 0 Å². The summed E-state index contributed by atoms with van der Waals surface area (Å²) in [6, 6.07) is 2.09. The van der Waals surface area contributed by atoms with Crippen LogP contribution in [0.5, 0.6) is 0 Å². The third-order valence-electron chi connectivity index (χ3n) is 1.73. The molecular weight excluding hydrogens is 287 g/mol. The Morgan fingerprint density at radius 2 is 2.36 bits per heavy atom. The standard InChI is InChI=1S/C9H11BrCl2N2/c1-6(2-3-11)14-9-8(12)4-7(10)5-13-9/h4-6H,2-3H2,1H3,(H,13,14). The average molecular weight is 298 g/mol. The molecule has 1 aromatic heterocycles. The highest BCUT2D eigenvalue weighted by Gasteiger charge is 2.06. The van der Waals surface area contributed by atoms with Crippen LogP contribution in [0.3, 0.4) is 0 Å². The first-order valence-corrected chi connectivity index (χ1v) is 5.97. The summed E-state index contributed by atoms with van der Waals surface area (Å²) >= 11 is 14.9. The Labute approximate surface area is 102 Å². The van der Waals surface area contributed by atoms with Crippen molar-refractivity contribution in [1.82, 2.24) is 4.98 Å². The summed E-state index contributed by atoms with van der Waals surface area (Å²) in [5.74, 6) is 1.33. The molecule has 0 spiro atoms. The van der Waals surface area contributed by atoms with E-state index in [1.807, 2.05) is 13.0 Å². The van der Waals surface area contributed by atoms with Crippen LogP contribution in [-0.2, 0) is 0 Å². The summed E-state index contributed by atoms with van der Waals surface area (Å²) in [4.78, 5) is 4.17. The molecule has 0 aliphatic carbocycles. The second-order valence-corrected chi connectivity index (χ2v) is 4.71. The third-order valence-corrected chi connectivity index (χ3v) is 2.67. The first-order chi connectivity index (χ1) is 6.63. The van der Waals surface area contributed by atoms with Gasteiger partial charge in [-0.2, -0.15) is 0 Å². The van der Waals surface area contributed by atoms with Crippen LogP contribution in [0.1, 0.15) is 13.3 Å². The monoisotopic (exact) mass is 296 g/mol. The van der Waals surface area contributed by atoms with E-state index >= 15 is 0 Å². The van der Waals surface area contributed by atoms with Crippen molar-refractivity contribution in [1.29, 1.82) is 0 Å². The Bertz CT molecular complexity index is 307. The lowest BCUT2D eigenvalue weighted by molar-refractivity contribution is 0.764. The number of aromatic nitrogens is 1. The fourth-order valence-corrected chi connectivity index (χ4v) is 2.00. The van der Waals surface area contributed by atoms with Crippen molar-refractivity contribution >= 4 is 44.9 Å².